The molecule has 0 aromatic carbocycles. The fourth-order valence-corrected chi connectivity index (χ4v) is 5.54. The Hall–Kier alpha value is -0.430. The molecule has 4 nitrogen and oxygen atoms in total. The molecule has 0 bridgehead atoms. The molecule has 6 heteroatoms. The van der Waals surface area contributed by atoms with E-state index in [1.807, 2.05) is 19.9 Å². The lowest BCUT2D eigenvalue weighted by Gasteiger charge is -2.21. The third kappa shape index (κ3) is 4.77. The minimum atomic E-state index is -3.36. The molecule has 120 valence electrons. The van der Waals surface area contributed by atoms with E-state index in [9.17, 15) is 8.42 Å². The highest BCUT2D eigenvalue weighted by molar-refractivity contribution is 7.89. The van der Waals surface area contributed by atoms with Crippen molar-refractivity contribution in [2.45, 2.75) is 57.4 Å². The van der Waals surface area contributed by atoms with Crippen LogP contribution in [0.5, 0.6) is 0 Å². The van der Waals surface area contributed by atoms with E-state index in [1.165, 1.54) is 19.3 Å². The Bertz CT molecular complexity index is 546. The molecule has 2 rings (SSSR count). The molecule has 0 saturated heterocycles. The van der Waals surface area contributed by atoms with Gasteiger partial charge in [0.05, 0.1) is 4.90 Å². The first-order chi connectivity index (χ1) is 10.0. The summed E-state index contributed by atoms with van der Waals surface area (Å²) in [6, 6.07) is 1.81. The third-order valence-corrected chi connectivity index (χ3v) is 6.78. The summed E-state index contributed by atoms with van der Waals surface area (Å²) in [7, 11) is -3.36. The summed E-state index contributed by atoms with van der Waals surface area (Å²) in [5, 5.41) is 3.24. The Morgan fingerprint density at radius 2 is 2.00 bits per heavy atom. The monoisotopic (exact) mass is 330 g/mol. The Balaban J connectivity index is 1.99. The lowest BCUT2D eigenvalue weighted by Crippen LogP contribution is -2.30. The molecule has 1 aromatic rings. The summed E-state index contributed by atoms with van der Waals surface area (Å²) in [4.78, 5) is 2.41. The molecule has 0 aliphatic heterocycles. The molecule has 21 heavy (non-hydrogen) atoms. The van der Waals surface area contributed by atoms with Gasteiger partial charge in [-0.25, -0.2) is 13.1 Å². The normalized spacial score (nSPS) is 17.2. The fourth-order valence-electron chi connectivity index (χ4n) is 2.82. The van der Waals surface area contributed by atoms with Gasteiger partial charge in [-0.2, -0.15) is 0 Å². The molecular weight excluding hydrogens is 304 g/mol. The smallest absolute Gasteiger partial charge is 0.241 e. The van der Waals surface area contributed by atoms with Crippen molar-refractivity contribution in [3.05, 3.63) is 15.8 Å². The second-order valence-corrected chi connectivity index (χ2v) is 8.85. The zero-order valence-electron chi connectivity index (χ0n) is 12.9. The second kappa shape index (κ2) is 7.72. The second-order valence-electron chi connectivity index (χ2n) is 5.77. The van der Waals surface area contributed by atoms with E-state index in [2.05, 4.69) is 10.0 Å². The van der Waals surface area contributed by atoms with Gasteiger partial charge in [0, 0.05) is 22.8 Å². The number of rotatable bonds is 7. The lowest BCUT2D eigenvalue weighted by atomic mass is 9.90. The Labute approximate surface area is 132 Å². The van der Waals surface area contributed by atoms with Gasteiger partial charge in [-0.15, -0.1) is 11.3 Å². The highest BCUT2D eigenvalue weighted by Gasteiger charge is 2.22. The molecule has 0 unspecified atom stereocenters. The molecule has 1 heterocycles. The topological polar surface area (TPSA) is 58.2 Å². The van der Waals surface area contributed by atoms with Crippen LogP contribution in [-0.4, -0.2) is 21.5 Å². The van der Waals surface area contributed by atoms with Crippen LogP contribution in [-0.2, 0) is 16.6 Å². The average molecular weight is 331 g/mol. The van der Waals surface area contributed by atoms with E-state index in [0.717, 1.165) is 35.7 Å². The molecule has 0 radical (unpaired) electrons. The Morgan fingerprint density at radius 3 is 2.67 bits per heavy atom. The predicted molar refractivity (Wildman–Crippen MR) is 88.2 cm³/mol. The van der Waals surface area contributed by atoms with Crippen molar-refractivity contribution in [3.63, 3.8) is 0 Å². The molecule has 2 N–H and O–H groups in total. The summed E-state index contributed by atoms with van der Waals surface area (Å²) in [6.07, 6.45) is 6.06. The van der Waals surface area contributed by atoms with Crippen molar-refractivity contribution in [2.24, 2.45) is 5.92 Å². The Morgan fingerprint density at radius 1 is 1.29 bits per heavy atom. The first-order valence-electron chi connectivity index (χ1n) is 7.82. The third-order valence-electron chi connectivity index (χ3n) is 4.05. The van der Waals surface area contributed by atoms with Crippen molar-refractivity contribution in [1.82, 2.24) is 10.0 Å². The Kier molecular flexibility index (Phi) is 6.22. The van der Waals surface area contributed by atoms with Crippen LogP contribution in [0.3, 0.4) is 0 Å². The van der Waals surface area contributed by atoms with Gasteiger partial charge in [0.25, 0.3) is 0 Å². The maximum atomic E-state index is 12.5. The quantitative estimate of drug-likeness (QED) is 0.808. The molecule has 1 saturated carbocycles. The number of thiophene rings is 1. The van der Waals surface area contributed by atoms with E-state index in [4.69, 9.17) is 0 Å². The highest BCUT2D eigenvalue weighted by atomic mass is 32.2. The zero-order valence-corrected chi connectivity index (χ0v) is 14.6. The van der Waals surface area contributed by atoms with Gasteiger partial charge < -0.3 is 5.32 Å². The van der Waals surface area contributed by atoms with Gasteiger partial charge in [-0.1, -0.05) is 26.2 Å². The van der Waals surface area contributed by atoms with Crippen LogP contribution in [0, 0.1) is 12.8 Å². The van der Waals surface area contributed by atoms with Gasteiger partial charge in [0.1, 0.15) is 0 Å². The number of sulfonamides is 1. The van der Waals surface area contributed by atoms with Crippen molar-refractivity contribution in [2.75, 3.05) is 13.1 Å². The van der Waals surface area contributed by atoms with Crippen molar-refractivity contribution in [1.29, 1.82) is 0 Å². The van der Waals surface area contributed by atoms with E-state index < -0.39 is 10.0 Å². The van der Waals surface area contributed by atoms with Gasteiger partial charge in [0.2, 0.25) is 10.0 Å². The van der Waals surface area contributed by atoms with Crippen LogP contribution in [0.4, 0.5) is 0 Å². The van der Waals surface area contributed by atoms with Gasteiger partial charge >= 0.3 is 0 Å². The molecule has 1 aliphatic carbocycles. The van der Waals surface area contributed by atoms with Crippen LogP contribution in [0.25, 0.3) is 0 Å². The molecule has 1 aliphatic rings. The largest absolute Gasteiger partial charge is 0.312 e. The SMILES string of the molecule is CCNCc1cc(S(=O)(=O)NCC2CCCCC2)c(C)s1. The maximum Gasteiger partial charge on any atom is 0.241 e. The maximum absolute atomic E-state index is 12.5. The minimum absolute atomic E-state index is 0.455. The van der Waals surface area contributed by atoms with Crippen LogP contribution >= 0.6 is 11.3 Å². The average Bonchev–Trinajstić information content (AvgIpc) is 2.86. The lowest BCUT2D eigenvalue weighted by molar-refractivity contribution is 0.357. The minimum Gasteiger partial charge on any atom is -0.312 e. The van der Waals surface area contributed by atoms with Crippen molar-refractivity contribution >= 4 is 21.4 Å². The van der Waals surface area contributed by atoms with Gasteiger partial charge in [-0.3, -0.25) is 0 Å². The zero-order chi connectivity index (χ0) is 15.3. The summed E-state index contributed by atoms with van der Waals surface area (Å²) in [6.45, 7) is 6.14. The van der Waals surface area contributed by atoms with Gasteiger partial charge in [0.15, 0.2) is 0 Å². The van der Waals surface area contributed by atoms with E-state index in [1.54, 1.807) is 11.3 Å². The first kappa shape index (κ1) is 16.9. The van der Waals surface area contributed by atoms with Crippen LogP contribution in [0.1, 0.15) is 48.8 Å². The van der Waals surface area contributed by atoms with Crippen LogP contribution in [0.15, 0.2) is 11.0 Å². The highest BCUT2D eigenvalue weighted by Crippen LogP contribution is 2.27. The molecule has 0 atom stereocenters. The van der Waals surface area contributed by atoms with Crippen molar-refractivity contribution in [3.8, 4) is 0 Å². The number of hydrogen-bond donors (Lipinski definition) is 2. The number of nitrogens with one attached hydrogen (secondary N) is 2. The summed E-state index contributed by atoms with van der Waals surface area (Å²) in [5.74, 6) is 0.508. The molecule has 0 amide bonds. The number of hydrogen-bond acceptors (Lipinski definition) is 4. The summed E-state index contributed by atoms with van der Waals surface area (Å²) in [5.41, 5.74) is 0. The fraction of sp³-hybridized carbons (Fsp3) is 0.733. The van der Waals surface area contributed by atoms with Crippen LogP contribution in [0.2, 0.25) is 0 Å². The summed E-state index contributed by atoms with van der Waals surface area (Å²) < 4.78 is 27.7. The molecule has 1 fully saturated rings. The van der Waals surface area contributed by atoms with E-state index >= 15 is 0 Å². The molecule has 1 aromatic heterocycles. The van der Waals surface area contributed by atoms with Crippen molar-refractivity contribution < 1.29 is 8.42 Å². The first-order valence-corrected chi connectivity index (χ1v) is 10.1. The number of aryl methyl sites for hydroxylation is 1. The predicted octanol–water partition coefficient (Wildman–Crippen LogP) is 3.02. The molecular formula is C15H26N2O2S2. The molecule has 0 spiro atoms. The van der Waals surface area contributed by atoms with E-state index in [-0.39, 0.29) is 0 Å². The van der Waals surface area contributed by atoms with E-state index in [0.29, 0.717) is 17.4 Å². The standard InChI is InChI=1S/C15H26N2O2S2/c1-3-16-11-14-9-15(12(2)20-14)21(18,19)17-10-13-7-5-4-6-8-13/h9,13,16-17H,3-8,10-11H2,1-2H3. The summed E-state index contributed by atoms with van der Waals surface area (Å²) >= 11 is 1.56. The van der Waals surface area contributed by atoms with Crippen LogP contribution < -0.4 is 10.0 Å². The van der Waals surface area contributed by atoms with Gasteiger partial charge in [-0.05, 0) is 38.3 Å².